The first-order chi connectivity index (χ1) is 3.13. The van der Waals surface area contributed by atoms with Crippen molar-refractivity contribution in [2.45, 2.75) is 0 Å². The minimum Gasteiger partial charge on any atom is -0.164 e. The summed E-state index contributed by atoms with van der Waals surface area (Å²) < 4.78 is 42.4. The topological polar surface area (TPSA) is 0 Å². The summed E-state index contributed by atoms with van der Waals surface area (Å²) >= 11 is 0. The van der Waals surface area contributed by atoms with E-state index in [0.29, 0.717) is 5.73 Å². The predicted octanol–water partition coefficient (Wildman–Crippen LogP) is 2.15. The molecule has 0 heterocycles. The van der Waals surface area contributed by atoms with Gasteiger partial charge >= 0.3 is 12.2 Å². The normalized spacial score (nSPS) is 7.43. The Morgan fingerprint density at radius 1 is 0.857 bits per heavy atom. The molecule has 7 heavy (non-hydrogen) atoms. The minimum absolute atomic E-state index is 0.472. The average molecular weight is 112 g/mol. The van der Waals surface area contributed by atoms with Crippen molar-refractivity contribution >= 4 is 0 Å². The van der Waals surface area contributed by atoms with Gasteiger partial charge in [-0.3, -0.25) is 0 Å². The van der Waals surface area contributed by atoms with Crippen molar-refractivity contribution in [3.63, 3.8) is 0 Å². The van der Waals surface area contributed by atoms with E-state index in [1.165, 1.54) is 0 Å². The Morgan fingerprint density at radius 2 is 1.14 bits per heavy atom. The molecule has 0 bridgehead atoms. The first-order valence-corrected chi connectivity index (χ1v) is 1.26. The quantitative estimate of drug-likeness (QED) is 0.332. The summed E-state index contributed by atoms with van der Waals surface area (Å²) in [6, 6.07) is 0. The van der Waals surface area contributed by atoms with E-state index in [1.54, 1.807) is 0 Å². The van der Waals surface area contributed by atoms with Gasteiger partial charge in [-0.15, -0.1) is 0 Å². The third-order valence-corrected chi connectivity index (χ3v) is 0.189. The van der Waals surface area contributed by atoms with Crippen molar-refractivity contribution in [2.75, 3.05) is 0 Å². The molecular formula is C3F4. The third kappa shape index (κ3) is 5.24. The number of hydrogen-bond acceptors (Lipinski definition) is 0. The molecule has 0 fully saturated rings. The average Bonchev–Trinajstić information content (AvgIpc) is 1.27. The van der Waals surface area contributed by atoms with Gasteiger partial charge < -0.3 is 0 Å². The van der Waals surface area contributed by atoms with E-state index < -0.39 is 12.2 Å². The van der Waals surface area contributed by atoms with Crippen molar-refractivity contribution in [1.82, 2.24) is 0 Å². The molecule has 0 rings (SSSR count). The molecule has 0 nitrogen and oxygen atoms in total. The number of rotatable bonds is 0. The monoisotopic (exact) mass is 112 g/mol. The highest BCUT2D eigenvalue weighted by atomic mass is 19.3. The van der Waals surface area contributed by atoms with Crippen LogP contribution in [0.2, 0.25) is 0 Å². The van der Waals surface area contributed by atoms with Gasteiger partial charge in [0, 0.05) is 5.73 Å². The van der Waals surface area contributed by atoms with Gasteiger partial charge in [0.1, 0.15) is 0 Å². The zero-order valence-electron chi connectivity index (χ0n) is 3.01. The molecule has 4 heteroatoms. The highest BCUT2D eigenvalue weighted by molar-refractivity contribution is 4.82. The number of hydrogen-bond donors (Lipinski definition) is 0. The Balaban J connectivity index is 4.13. The maximum absolute atomic E-state index is 10.6. The lowest BCUT2D eigenvalue weighted by atomic mass is 10.9. The maximum atomic E-state index is 10.6. The fraction of sp³-hybridized carbons (Fsp3) is 0. The van der Waals surface area contributed by atoms with Crippen LogP contribution in [0, 0.1) is 0 Å². The molecule has 0 aromatic heterocycles. The summed E-state index contributed by atoms with van der Waals surface area (Å²) in [4.78, 5) is 0. The van der Waals surface area contributed by atoms with Crippen molar-refractivity contribution < 1.29 is 17.6 Å². The highest BCUT2D eigenvalue weighted by Crippen LogP contribution is 1.99. The Labute approximate surface area is 36.8 Å². The molecule has 0 spiro atoms. The Kier molecular flexibility index (Phi) is 2.16. The van der Waals surface area contributed by atoms with E-state index in [9.17, 15) is 17.6 Å². The van der Waals surface area contributed by atoms with Crippen LogP contribution < -0.4 is 0 Å². The molecule has 0 aromatic carbocycles. The van der Waals surface area contributed by atoms with E-state index >= 15 is 0 Å². The highest BCUT2D eigenvalue weighted by Gasteiger charge is 1.86. The van der Waals surface area contributed by atoms with Crippen molar-refractivity contribution in [3.05, 3.63) is 17.9 Å². The summed E-state index contributed by atoms with van der Waals surface area (Å²) in [6.07, 6.45) is -5.00. The van der Waals surface area contributed by atoms with Gasteiger partial charge in [-0.05, 0) is 0 Å². The lowest BCUT2D eigenvalue weighted by Crippen LogP contribution is -1.49. The molecule has 0 saturated heterocycles. The fourth-order valence-corrected chi connectivity index (χ4v) is 0.0714. The van der Waals surface area contributed by atoms with Crippen LogP contribution in [-0.2, 0) is 0 Å². The van der Waals surface area contributed by atoms with Crippen molar-refractivity contribution in [1.29, 1.82) is 0 Å². The predicted molar refractivity (Wildman–Crippen MR) is 15.0 cm³/mol. The smallest absolute Gasteiger partial charge is 0.164 e. The first kappa shape index (κ1) is 6.24. The lowest BCUT2D eigenvalue weighted by molar-refractivity contribution is 0.395. The van der Waals surface area contributed by atoms with Crippen LogP contribution in [0.1, 0.15) is 0 Å². The lowest BCUT2D eigenvalue weighted by Gasteiger charge is -1.64. The summed E-state index contributed by atoms with van der Waals surface area (Å²) in [5, 5.41) is 0. The largest absolute Gasteiger partial charge is 0.318 e. The molecular weight excluding hydrogens is 112 g/mol. The molecule has 0 saturated carbocycles. The SMILES string of the molecule is FC(F)=C=C(F)F. The molecule has 0 atom stereocenters. The third-order valence-electron chi connectivity index (χ3n) is 0.189. The summed E-state index contributed by atoms with van der Waals surface area (Å²) in [5.74, 6) is 0. The van der Waals surface area contributed by atoms with Crippen LogP contribution in [0.25, 0.3) is 0 Å². The second-order valence-corrected chi connectivity index (χ2v) is 0.646. The molecule has 0 amide bonds. The fourth-order valence-electron chi connectivity index (χ4n) is 0.0714. The summed E-state index contributed by atoms with van der Waals surface area (Å²) in [7, 11) is 0. The standard InChI is InChI=1S/C3F4/c4-2(5)1-3(6)7. The zero-order valence-corrected chi connectivity index (χ0v) is 3.01. The van der Waals surface area contributed by atoms with Gasteiger partial charge in [0.25, 0.3) is 0 Å². The van der Waals surface area contributed by atoms with Crippen LogP contribution in [0.3, 0.4) is 0 Å². The summed E-state index contributed by atoms with van der Waals surface area (Å²) in [6.45, 7) is 0. The van der Waals surface area contributed by atoms with E-state index in [0.717, 1.165) is 0 Å². The van der Waals surface area contributed by atoms with Crippen LogP contribution in [0.4, 0.5) is 17.6 Å². The van der Waals surface area contributed by atoms with E-state index in [-0.39, 0.29) is 0 Å². The zero-order chi connectivity index (χ0) is 5.86. The molecule has 0 aliphatic heterocycles. The van der Waals surface area contributed by atoms with E-state index in [2.05, 4.69) is 0 Å². The van der Waals surface area contributed by atoms with Gasteiger partial charge in [0.05, 0.1) is 0 Å². The molecule has 0 aliphatic rings. The Hall–Kier alpha value is -0.760. The Bertz CT molecular complexity index is 98.9. The second-order valence-electron chi connectivity index (χ2n) is 0.646. The molecule has 0 aliphatic carbocycles. The molecule has 0 aromatic rings. The van der Waals surface area contributed by atoms with Crippen molar-refractivity contribution in [3.8, 4) is 0 Å². The maximum Gasteiger partial charge on any atom is 0.318 e. The Morgan fingerprint density at radius 3 is 1.14 bits per heavy atom. The molecule has 0 radical (unpaired) electrons. The molecule has 0 N–H and O–H groups in total. The van der Waals surface area contributed by atoms with Crippen LogP contribution >= 0.6 is 0 Å². The van der Waals surface area contributed by atoms with Crippen LogP contribution in [0.5, 0.6) is 0 Å². The number of halogens is 4. The van der Waals surface area contributed by atoms with Crippen molar-refractivity contribution in [2.24, 2.45) is 0 Å². The van der Waals surface area contributed by atoms with Gasteiger partial charge in [-0.2, -0.15) is 17.6 Å². The van der Waals surface area contributed by atoms with Crippen LogP contribution in [-0.4, -0.2) is 0 Å². The second kappa shape index (κ2) is 2.42. The van der Waals surface area contributed by atoms with E-state index in [1.807, 2.05) is 0 Å². The van der Waals surface area contributed by atoms with Gasteiger partial charge in [0.2, 0.25) is 0 Å². The molecule has 40 valence electrons. The first-order valence-electron chi connectivity index (χ1n) is 1.26. The summed E-state index contributed by atoms with van der Waals surface area (Å²) in [5.41, 5.74) is 0.472. The van der Waals surface area contributed by atoms with Gasteiger partial charge in [-0.25, -0.2) is 0 Å². The van der Waals surface area contributed by atoms with Gasteiger partial charge in [0.15, 0.2) is 0 Å². The van der Waals surface area contributed by atoms with Gasteiger partial charge in [-0.1, -0.05) is 0 Å². The molecule has 0 unspecified atom stereocenters. The minimum atomic E-state index is -2.50. The van der Waals surface area contributed by atoms with E-state index in [4.69, 9.17) is 0 Å². The van der Waals surface area contributed by atoms with Crippen LogP contribution in [0.15, 0.2) is 17.9 Å².